The molecule has 1 aliphatic rings. The molecule has 74 valence electrons. The summed E-state index contributed by atoms with van der Waals surface area (Å²) in [5.41, 5.74) is 4.95. The van der Waals surface area contributed by atoms with Crippen LogP contribution in [0.25, 0.3) is 0 Å². The Labute approximate surface area is 76.4 Å². The summed E-state index contributed by atoms with van der Waals surface area (Å²) < 4.78 is 0. The number of nitrogens with one attached hydrogen (secondary N) is 2. The van der Waals surface area contributed by atoms with Gasteiger partial charge >= 0.3 is 6.03 Å². The van der Waals surface area contributed by atoms with E-state index in [1.807, 2.05) is 0 Å². The molecule has 6 nitrogen and oxygen atoms in total. The highest BCUT2D eigenvalue weighted by atomic mass is 16.2. The van der Waals surface area contributed by atoms with E-state index < -0.39 is 0 Å². The predicted octanol–water partition coefficient (Wildman–Crippen LogP) is -1.92. The summed E-state index contributed by atoms with van der Waals surface area (Å²) in [4.78, 5) is 23.0. The minimum atomic E-state index is -0.376. The molecule has 3 amide bonds. The Kier molecular flexibility index (Phi) is 3.07. The molecule has 1 saturated heterocycles. The summed E-state index contributed by atoms with van der Waals surface area (Å²) in [6.07, 6.45) is 0. The van der Waals surface area contributed by atoms with Gasteiger partial charge in [0.15, 0.2) is 0 Å². The van der Waals surface area contributed by atoms with Crippen molar-refractivity contribution in [1.82, 2.24) is 15.5 Å². The van der Waals surface area contributed by atoms with Crippen molar-refractivity contribution in [3.8, 4) is 0 Å². The standard InChI is InChI=1S/C7H14N4O2/c1-9-7(13)11-3-5(4-11)10-2-6(8)12/h5,10H,2-4H2,1H3,(H2,8,12)(H,9,13). The summed E-state index contributed by atoms with van der Waals surface area (Å²) >= 11 is 0. The molecular weight excluding hydrogens is 172 g/mol. The van der Waals surface area contributed by atoms with Crippen molar-refractivity contribution < 1.29 is 9.59 Å². The van der Waals surface area contributed by atoms with E-state index >= 15 is 0 Å². The van der Waals surface area contributed by atoms with Crippen molar-refractivity contribution in [3.63, 3.8) is 0 Å². The van der Waals surface area contributed by atoms with Crippen LogP contribution < -0.4 is 16.4 Å². The van der Waals surface area contributed by atoms with Gasteiger partial charge in [-0.3, -0.25) is 4.79 Å². The molecule has 0 bridgehead atoms. The summed E-state index contributed by atoms with van der Waals surface area (Å²) in [7, 11) is 1.59. The van der Waals surface area contributed by atoms with Crippen LogP contribution in [0.4, 0.5) is 4.79 Å². The molecule has 0 aliphatic carbocycles. The van der Waals surface area contributed by atoms with Gasteiger partial charge in [0.2, 0.25) is 5.91 Å². The number of amides is 3. The number of primary amides is 1. The topological polar surface area (TPSA) is 87.5 Å². The zero-order chi connectivity index (χ0) is 9.84. The molecule has 4 N–H and O–H groups in total. The second kappa shape index (κ2) is 4.08. The third-order valence-electron chi connectivity index (χ3n) is 1.95. The molecule has 1 heterocycles. The minimum Gasteiger partial charge on any atom is -0.369 e. The van der Waals surface area contributed by atoms with Gasteiger partial charge in [-0.2, -0.15) is 0 Å². The molecule has 0 aromatic rings. The summed E-state index contributed by atoms with van der Waals surface area (Å²) in [6.45, 7) is 1.44. The first-order valence-corrected chi connectivity index (χ1v) is 4.12. The number of likely N-dealkylation sites (tertiary alicyclic amines) is 1. The zero-order valence-corrected chi connectivity index (χ0v) is 7.54. The van der Waals surface area contributed by atoms with Gasteiger partial charge in [0.1, 0.15) is 0 Å². The van der Waals surface area contributed by atoms with Gasteiger partial charge in [0.05, 0.1) is 6.54 Å². The van der Waals surface area contributed by atoms with E-state index in [4.69, 9.17) is 5.73 Å². The minimum absolute atomic E-state index is 0.0860. The van der Waals surface area contributed by atoms with Crippen LogP contribution in [0.3, 0.4) is 0 Å². The lowest BCUT2D eigenvalue weighted by atomic mass is 10.1. The summed E-state index contributed by atoms with van der Waals surface area (Å²) in [5, 5.41) is 5.45. The van der Waals surface area contributed by atoms with E-state index in [-0.39, 0.29) is 24.5 Å². The first-order valence-electron chi connectivity index (χ1n) is 4.12. The van der Waals surface area contributed by atoms with Crippen LogP contribution in [0.5, 0.6) is 0 Å². The van der Waals surface area contributed by atoms with Crippen LogP contribution in [0, 0.1) is 0 Å². The monoisotopic (exact) mass is 186 g/mol. The predicted molar refractivity (Wildman–Crippen MR) is 47.0 cm³/mol. The molecule has 1 fully saturated rings. The van der Waals surface area contributed by atoms with E-state index in [2.05, 4.69) is 10.6 Å². The number of hydrogen-bond donors (Lipinski definition) is 3. The highest BCUT2D eigenvalue weighted by Gasteiger charge is 2.29. The highest BCUT2D eigenvalue weighted by Crippen LogP contribution is 2.06. The number of urea groups is 1. The lowest BCUT2D eigenvalue weighted by molar-refractivity contribution is -0.117. The fraction of sp³-hybridized carbons (Fsp3) is 0.714. The van der Waals surface area contributed by atoms with Gasteiger partial charge in [-0.1, -0.05) is 0 Å². The van der Waals surface area contributed by atoms with Crippen LogP contribution in [0.2, 0.25) is 0 Å². The number of hydrogen-bond acceptors (Lipinski definition) is 3. The average molecular weight is 186 g/mol. The molecule has 6 heteroatoms. The largest absolute Gasteiger partial charge is 0.369 e. The fourth-order valence-electron chi connectivity index (χ4n) is 1.18. The smallest absolute Gasteiger partial charge is 0.317 e. The molecule has 0 unspecified atom stereocenters. The molecule has 0 aromatic carbocycles. The molecule has 0 saturated carbocycles. The SMILES string of the molecule is CNC(=O)N1CC(NCC(N)=O)C1. The maximum absolute atomic E-state index is 11.0. The van der Waals surface area contributed by atoms with Crippen LogP contribution in [-0.2, 0) is 4.79 Å². The average Bonchev–Trinajstić information content (AvgIpc) is 2.00. The van der Waals surface area contributed by atoms with Gasteiger partial charge in [-0.05, 0) is 0 Å². The number of rotatable bonds is 3. The van der Waals surface area contributed by atoms with Crippen molar-refractivity contribution >= 4 is 11.9 Å². The Bertz CT molecular complexity index is 213. The maximum atomic E-state index is 11.0. The van der Waals surface area contributed by atoms with E-state index in [1.54, 1.807) is 11.9 Å². The first-order chi connectivity index (χ1) is 6.13. The lowest BCUT2D eigenvalue weighted by Gasteiger charge is -2.39. The van der Waals surface area contributed by atoms with Gasteiger partial charge in [0, 0.05) is 26.2 Å². The highest BCUT2D eigenvalue weighted by molar-refractivity contribution is 5.76. The lowest BCUT2D eigenvalue weighted by Crippen LogP contribution is -2.62. The quantitative estimate of drug-likeness (QED) is 0.480. The molecule has 1 aliphatic heterocycles. The second-order valence-electron chi connectivity index (χ2n) is 3.00. The Morgan fingerprint density at radius 3 is 2.62 bits per heavy atom. The van der Waals surface area contributed by atoms with Crippen molar-refractivity contribution in [2.45, 2.75) is 6.04 Å². The molecule has 0 atom stereocenters. The van der Waals surface area contributed by atoms with E-state index in [9.17, 15) is 9.59 Å². The first kappa shape index (κ1) is 9.79. The third kappa shape index (κ3) is 2.59. The van der Waals surface area contributed by atoms with Crippen molar-refractivity contribution in [2.75, 3.05) is 26.7 Å². The van der Waals surface area contributed by atoms with E-state index in [0.717, 1.165) is 0 Å². The van der Waals surface area contributed by atoms with Crippen molar-refractivity contribution in [1.29, 1.82) is 0 Å². The van der Waals surface area contributed by atoms with Gasteiger partial charge < -0.3 is 21.3 Å². The Morgan fingerprint density at radius 1 is 1.54 bits per heavy atom. The second-order valence-corrected chi connectivity index (χ2v) is 3.00. The maximum Gasteiger partial charge on any atom is 0.317 e. The summed E-state index contributed by atoms with van der Waals surface area (Å²) in [6, 6.07) is 0.113. The number of carbonyl (C=O) groups is 2. The Morgan fingerprint density at radius 2 is 2.15 bits per heavy atom. The van der Waals surface area contributed by atoms with Gasteiger partial charge in [0.25, 0.3) is 0 Å². The van der Waals surface area contributed by atoms with Crippen LogP contribution >= 0.6 is 0 Å². The number of carbonyl (C=O) groups excluding carboxylic acids is 2. The Balaban J connectivity index is 2.11. The summed E-state index contributed by atoms with van der Waals surface area (Å²) in [5.74, 6) is -0.376. The van der Waals surface area contributed by atoms with Crippen LogP contribution in [0.15, 0.2) is 0 Å². The van der Waals surface area contributed by atoms with Gasteiger partial charge in [-0.15, -0.1) is 0 Å². The van der Waals surface area contributed by atoms with Crippen molar-refractivity contribution in [3.05, 3.63) is 0 Å². The normalized spacial score (nSPS) is 16.5. The number of nitrogens with zero attached hydrogens (tertiary/aromatic N) is 1. The van der Waals surface area contributed by atoms with Crippen LogP contribution in [0.1, 0.15) is 0 Å². The fourth-order valence-corrected chi connectivity index (χ4v) is 1.18. The molecule has 0 spiro atoms. The molecular formula is C7H14N4O2. The number of nitrogens with two attached hydrogens (primary N) is 1. The third-order valence-corrected chi connectivity index (χ3v) is 1.95. The van der Waals surface area contributed by atoms with Gasteiger partial charge in [-0.25, -0.2) is 4.79 Å². The zero-order valence-electron chi connectivity index (χ0n) is 7.54. The van der Waals surface area contributed by atoms with E-state index in [0.29, 0.717) is 13.1 Å². The van der Waals surface area contributed by atoms with Crippen LogP contribution in [-0.4, -0.2) is 49.6 Å². The molecule has 0 aromatic heterocycles. The molecule has 0 radical (unpaired) electrons. The van der Waals surface area contributed by atoms with Crippen molar-refractivity contribution in [2.24, 2.45) is 5.73 Å². The van der Waals surface area contributed by atoms with E-state index in [1.165, 1.54) is 0 Å². The molecule has 13 heavy (non-hydrogen) atoms. The molecule has 1 rings (SSSR count). The Hall–Kier alpha value is -1.30.